The van der Waals surface area contributed by atoms with Crippen LogP contribution in [0.3, 0.4) is 0 Å². The van der Waals surface area contributed by atoms with Crippen LogP contribution >= 0.6 is 27.5 Å². The normalized spacial score (nSPS) is 10.3. The molecule has 0 amide bonds. The maximum Gasteiger partial charge on any atom is 0.0788 e. The lowest BCUT2D eigenvalue weighted by atomic mass is 10.3. The lowest BCUT2D eigenvalue weighted by Crippen LogP contribution is -1.94. The summed E-state index contributed by atoms with van der Waals surface area (Å²) in [5.41, 5.74) is 0.950. The lowest BCUT2D eigenvalue weighted by molar-refractivity contribution is 0.876. The average Bonchev–Trinajstić information content (AvgIpc) is 2.56. The Labute approximate surface area is 89.3 Å². The van der Waals surface area contributed by atoms with Gasteiger partial charge in [0.25, 0.3) is 0 Å². The molecule has 0 fully saturated rings. The molecule has 0 atom stereocenters. The fourth-order valence-corrected chi connectivity index (χ4v) is 1.90. The van der Waals surface area contributed by atoms with Crippen molar-refractivity contribution >= 4 is 27.5 Å². The first-order valence-electron chi connectivity index (χ1n) is 3.63. The Balaban J connectivity index is 2.53. The zero-order chi connectivity index (χ0) is 9.26. The summed E-state index contributed by atoms with van der Waals surface area (Å²) < 4.78 is 2.64. The minimum Gasteiger partial charge on any atom is -0.239 e. The number of rotatable bonds is 1. The molecule has 1 aromatic heterocycles. The van der Waals surface area contributed by atoms with E-state index in [9.17, 15) is 0 Å². The standard InChI is InChI=1S/C9H5BrClN2/c10-8-6-7(11)2-3-9(8)13-5-1-4-12-13/h2-6H. The molecule has 1 heterocycles. The van der Waals surface area contributed by atoms with Crippen molar-refractivity contribution in [1.29, 1.82) is 0 Å². The van der Waals surface area contributed by atoms with Crippen molar-refractivity contribution in [3.63, 3.8) is 0 Å². The molecule has 0 unspecified atom stereocenters. The summed E-state index contributed by atoms with van der Waals surface area (Å²) >= 11 is 9.22. The predicted octanol–water partition coefficient (Wildman–Crippen LogP) is 3.09. The summed E-state index contributed by atoms with van der Waals surface area (Å²) in [7, 11) is 0. The Bertz CT molecular complexity index is 412. The van der Waals surface area contributed by atoms with Crippen LogP contribution in [0.1, 0.15) is 0 Å². The first kappa shape index (κ1) is 8.78. The number of hydrogen-bond donors (Lipinski definition) is 0. The van der Waals surface area contributed by atoms with Crippen LogP contribution in [0.25, 0.3) is 5.69 Å². The second-order valence-electron chi connectivity index (χ2n) is 2.48. The van der Waals surface area contributed by atoms with Gasteiger partial charge in [0.2, 0.25) is 0 Å². The molecule has 0 aliphatic carbocycles. The molecule has 0 N–H and O–H groups in total. The van der Waals surface area contributed by atoms with E-state index in [2.05, 4.69) is 27.1 Å². The van der Waals surface area contributed by atoms with Gasteiger partial charge in [0.1, 0.15) is 0 Å². The summed E-state index contributed by atoms with van der Waals surface area (Å²) in [6, 6.07) is 8.42. The van der Waals surface area contributed by atoms with Crippen LogP contribution in [0.5, 0.6) is 0 Å². The van der Waals surface area contributed by atoms with Crippen molar-refractivity contribution in [2.75, 3.05) is 0 Å². The van der Waals surface area contributed by atoms with E-state index >= 15 is 0 Å². The predicted molar refractivity (Wildman–Crippen MR) is 55.1 cm³/mol. The Morgan fingerprint density at radius 2 is 2.31 bits per heavy atom. The maximum atomic E-state index is 5.81. The average molecular weight is 257 g/mol. The Morgan fingerprint density at radius 1 is 1.46 bits per heavy atom. The molecule has 2 nitrogen and oxygen atoms in total. The third-order valence-electron chi connectivity index (χ3n) is 1.61. The van der Waals surface area contributed by atoms with Crippen molar-refractivity contribution in [1.82, 2.24) is 9.78 Å². The van der Waals surface area contributed by atoms with Crippen LogP contribution in [-0.2, 0) is 0 Å². The molecule has 13 heavy (non-hydrogen) atoms. The molecular formula is C9H5BrClN2. The van der Waals surface area contributed by atoms with Crippen LogP contribution in [-0.4, -0.2) is 9.78 Å². The summed E-state index contributed by atoms with van der Waals surface area (Å²) in [6.07, 6.45) is 3.37. The first-order valence-corrected chi connectivity index (χ1v) is 4.80. The van der Waals surface area contributed by atoms with Crippen molar-refractivity contribution < 1.29 is 0 Å². The minimum absolute atomic E-state index is 0.701. The summed E-state index contributed by atoms with van der Waals surface area (Å²) in [5, 5.41) is 4.77. The molecule has 65 valence electrons. The smallest absolute Gasteiger partial charge is 0.0788 e. The third-order valence-corrected chi connectivity index (χ3v) is 2.48. The van der Waals surface area contributed by atoms with Gasteiger partial charge in [-0.1, -0.05) is 11.6 Å². The molecule has 1 radical (unpaired) electrons. The fourth-order valence-electron chi connectivity index (χ4n) is 1.03. The molecule has 2 rings (SSSR count). The molecule has 0 aliphatic heterocycles. The number of benzene rings is 1. The third kappa shape index (κ3) is 1.76. The molecule has 4 heteroatoms. The van der Waals surface area contributed by atoms with Crippen molar-refractivity contribution in [3.8, 4) is 5.69 Å². The summed E-state index contributed by atoms with van der Waals surface area (Å²) in [4.78, 5) is 0. The van der Waals surface area contributed by atoms with Crippen molar-refractivity contribution in [2.24, 2.45) is 0 Å². The Morgan fingerprint density at radius 3 is 2.92 bits per heavy atom. The van der Waals surface area contributed by atoms with Crippen LogP contribution in [0, 0.1) is 6.07 Å². The van der Waals surface area contributed by atoms with Gasteiger partial charge in [-0.3, -0.25) is 0 Å². The van der Waals surface area contributed by atoms with E-state index in [0.29, 0.717) is 5.02 Å². The van der Waals surface area contributed by atoms with E-state index < -0.39 is 0 Å². The highest BCUT2D eigenvalue weighted by molar-refractivity contribution is 9.10. The molecule has 0 aliphatic rings. The van der Waals surface area contributed by atoms with Crippen LogP contribution in [0.2, 0.25) is 5.02 Å². The molecule has 2 aromatic rings. The summed E-state index contributed by atoms with van der Waals surface area (Å²) in [6.45, 7) is 0. The van der Waals surface area contributed by atoms with Gasteiger partial charge in [-0.05, 0) is 34.1 Å². The van der Waals surface area contributed by atoms with Gasteiger partial charge in [0, 0.05) is 21.8 Å². The number of nitrogens with zero attached hydrogens (tertiary/aromatic N) is 2. The second kappa shape index (κ2) is 3.52. The Kier molecular flexibility index (Phi) is 2.38. The number of aromatic nitrogens is 2. The van der Waals surface area contributed by atoms with E-state index in [1.54, 1.807) is 17.1 Å². The van der Waals surface area contributed by atoms with Gasteiger partial charge in [-0.2, -0.15) is 5.10 Å². The van der Waals surface area contributed by atoms with Gasteiger partial charge in [-0.25, -0.2) is 4.68 Å². The number of hydrogen-bond acceptors (Lipinski definition) is 1. The number of halogens is 2. The topological polar surface area (TPSA) is 17.8 Å². The molecular weight excluding hydrogens is 251 g/mol. The molecule has 0 saturated carbocycles. The summed E-state index contributed by atoms with van der Waals surface area (Å²) in [5.74, 6) is 0. The molecule has 0 bridgehead atoms. The van der Waals surface area contributed by atoms with Gasteiger partial charge >= 0.3 is 0 Å². The fraction of sp³-hybridized carbons (Fsp3) is 0. The Hall–Kier alpha value is -0.800. The highest BCUT2D eigenvalue weighted by Crippen LogP contribution is 2.23. The zero-order valence-corrected chi connectivity index (χ0v) is 8.88. The highest BCUT2D eigenvalue weighted by atomic mass is 79.9. The molecule has 0 saturated heterocycles. The van der Waals surface area contributed by atoms with Crippen LogP contribution < -0.4 is 0 Å². The van der Waals surface area contributed by atoms with Gasteiger partial charge in [-0.15, -0.1) is 0 Å². The van der Waals surface area contributed by atoms with Crippen LogP contribution in [0.4, 0.5) is 0 Å². The maximum absolute atomic E-state index is 5.81. The van der Waals surface area contributed by atoms with Gasteiger partial charge in [0.15, 0.2) is 0 Å². The van der Waals surface area contributed by atoms with Crippen LogP contribution in [0.15, 0.2) is 35.1 Å². The lowest BCUT2D eigenvalue weighted by Gasteiger charge is -2.03. The monoisotopic (exact) mass is 255 g/mol. The highest BCUT2D eigenvalue weighted by Gasteiger charge is 2.02. The largest absolute Gasteiger partial charge is 0.239 e. The van der Waals surface area contributed by atoms with E-state index in [-0.39, 0.29) is 0 Å². The SMILES string of the molecule is Clc1ccc(-n2c[c]cn2)c(Br)c1. The van der Waals surface area contributed by atoms with Crippen molar-refractivity contribution in [3.05, 3.63) is 46.2 Å². The van der Waals surface area contributed by atoms with Gasteiger partial charge < -0.3 is 0 Å². The van der Waals surface area contributed by atoms with Crippen molar-refractivity contribution in [2.45, 2.75) is 0 Å². The van der Waals surface area contributed by atoms with Gasteiger partial charge in [0.05, 0.1) is 11.9 Å². The molecule has 0 spiro atoms. The molecule has 1 aromatic carbocycles. The zero-order valence-electron chi connectivity index (χ0n) is 6.54. The minimum atomic E-state index is 0.701. The first-order chi connectivity index (χ1) is 6.27. The quantitative estimate of drug-likeness (QED) is 0.767. The van der Waals surface area contributed by atoms with E-state index in [1.807, 2.05) is 18.2 Å². The second-order valence-corrected chi connectivity index (χ2v) is 3.77. The van der Waals surface area contributed by atoms with E-state index in [4.69, 9.17) is 11.6 Å². The van der Waals surface area contributed by atoms with E-state index in [0.717, 1.165) is 10.2 Å². The van der Waals surface area contributed by atoms with E-state index in [1.165, 1.54) is 0 Å².